The molecule has 1 aromatic heterocycles. The van der Waals surface area contributed by atoms with Gasteiger partial charge in [-0.25, -0.2) is 4.39 Å². The number of pyridine rings is 1. The summed E-state index contributed by atoms with van der Waals surface area (Å²) in [6.45, 7) is 1.25. The number of ether oxygens (including phenoxy) is 1. The number of piperidine rings is 1. The average molecular weight is 399 g/mol. The molecule has 1 N–H and O–H groups in total. The number of carbonyl (C=O) groups excluding carboxylic acids is 2. The largest absolute Gasteiger partial charge is 0.383 e. The second-order valence-electron chi connectivity index (χ2n) is 7.12. The van der Waals surface area contributed by atoms with Crippen molar-refractivity contribution < 1.29 is 18.7 Å². The van der Waals surface area contributed by atoms with Crippen LogP contribution < -0.4 is 5.32 Å². The minimum atomic E-state index is -0.439. The number of likely N-dealkylation sites (tertiary alicyclic amines) is 1. The Balaban J connectivity index is 1.75. The second kappa shape index (κ2) is 10.1. The van der Waals surface area contributed by atoms with Crippen LogP contribution in [-0.2, 0) is 20.7 Å². The highest BCUT2D eigenvalue weighted by atomic mass is 19.1. The molecule has 0 saturated carbocycles. The van der Waals surface area contributed by atoms with Crippen LogP contribution in [0.15, 0.2) is 48.8 Å². The van der Waals surface area contributed by atoms with Gasteiger partial charge in [-0.2, -0.15) is 0 Å². The van der Waals surface area contributed by atoms with Crippen molar-refractivity contribution in [1.29, 1.82) is 0 Å². The highest BCUT2D eigenvalue weighted by Gasteiger charge is 2.40. The van der Waals surface area contributed by atoms with Crippen molar-refractivity contribution >= 4 is 11.8 Å². The smallest absolute Gasteiger partial charge is 0.225 e. The van der Waals surface area contributed by atoms with E-state index in [4.69, 9.17) is 4.74 Å². The van der Waals surface area contributed by atoms with Crippen LogP contribution in [0.4, 0.5) is 4.39 Å². The van der Waals surface area contributed by atoms with E-state index in [1.54, 1.807) is 36.5 Å². The SMILES string of the molecule is COCCN1C(=O)CC[C@@H](C(=O)NCCc2cccnc2)[C@@H]1c1ccc(F)cc1. The Morgan fingerprint density at radius 2 is 2.10 bits per heavy atom. The van der Waals surface area contributed by atoms with Gasteiger partial charge in [0.1, 0.15) is 5.82 Å². The summed E-state index contributed by atoms with van der Waals surface area (Å²) in [6, 6.07) is 9.41. The number of nitrogens with zero attached hydrogens (tertiary/aromatic N) is 2. The van der Waals surface area contributed by atoms with Crippen LogP contribution in [0.5, 0.6) is 0 Å². The molecule has 1 saturated heterocycles. The van der Waals surface area contributed by atoms with Crippen molar-refractivity contribution in [2.45, 2.75) is 25.3 Å². The Kier molecular flexibility index (Phi) is 7.30. The zero-order chi connectivity index (χ0) is 20.6. The fourth-order valence-electron chi connectivity index (χ4n) is 3.76. The molecule has 29 heavy (non-hydrogen) atoms. The van der Waals surface area contributed by atoms with Gasteiger partial charge in [0.05, 0.1) is 18.6 Å². The maximum Gasteiger partial charge on any atom is 0.225 e. The summed E-state index contributed by atoms with van der Waals surface area (Å²) in [7, 11) is 1.57. The maximum absolute atomic E-state index is 13.4. The molecule has 0 aliphatic carbocycles. The third kappa shape index (κ3) is 5.38. The standard InChI is InChI=1S/C22H26FN3O3/c1-29-14-13-26-20(27)9-8-19(21(26)17-4-6-18(23)7-5-17)22(28)25-12-10-16-3-2-11-24-15-16/h2-7,11,15,19,21H,8-10,12-14H2,1H3,(H,25,28)/t19-,21+/m1/s1. The molecule has 3 rings (SSSR count). The van der Waals surface area contributed by atoms with Crippen LogP contribution >= 0.6 is 0 Å². The second-order valence-corrected chi connectivity index (χ2v) is 7.12. The molecule has 154 valence electrons. The predicted molar refractivity (Wildman–Crippen MR) is 106 cm³/mol. The van der Waals surface area contributed by atoms with Crippen molar-refractivity contribution in [2.24, 2.45) is 5.92 Å². The molecule has 0 spiro atoms. The van der Waals surface area contributed by atoms with Crippen molar-refractivity contribution in [3.05, 3.63) is 65.7 Å². The Labute approximate surface area is 170 Å². The summed E-state index contributed by atoms with van der Waals surface area (Å²) in [5.74, 6) is -0.866. The molecule has 1 aromatic carbocycles. The van der Waals surface area contributed by atoms with Gasteiger partial charge in [-0.3, -0.25) is 14.6 Å². The first kappa shape index (κ1) is 20.9. The van der Waals surface area contributed by atoms with E-state index >= 15 is 0 Å². The number of aromatic nitrogens is 1. The Hall–Kier alpha value is -2.80. The van der Waals surface area contributed by atoms with Gasteiger partial charge in [0, 0.05) is 39.0 Å². The number of carbonyl (C=O) groups is 2. The van der Waals surface area contributed by atoms with Gasteiger partial charge in [-0.05, 0) is 42.2 Å². The number of rotatable bonds is 8. The predicted octanol–water partition coefficient (Wildman–Crippen LogP) is 2.51. The first-order chi connectivity index (χ1) is 14.1. The van der Waals surface area contributed by atoms with Crippen LogP contribution in [0, 0.1) is 11.7 Å². The molecular weight excluding hydrogens is 373 g/mol. The van der Waals surface area contributed by atoms with E-state index in [2.05, 4.69) is 10.3 Å². The van der Waals surface area contributed by atoms with Crippen LogP contribution in [0.25, 0.3) is 0 Å². The molecule has 1 aliphatic rings. The molecular formula is C22H26FN3O3. The molecule has 2 atom stereocenters. The van der Waals surface area contributed by atoms with Crippen LogP contribution in [0.3, 0.4) is 0 Å². The molecule has 7 heteroatoms. The number of hydrogen-bond acceptors (Lipinski definition) is 4. The quantitative estimate of drug-likeness (QED) is 0.740. The zero-order valence-corrected chi connectivity index (χ0v) is 16.5. The molecule has 0 bridgehead atoms. The minimum Gasteiger partial charge on any atom is -0.383 e. The monoisotopic (exact) mass is 399 g/mol. The van der Waals surface area contributed by atoms with Gasteiger partial charge in [-0.1, -0.05) is 18.2 Å². The number of amides is 2. The summed E-state index contributed by atoms with van der Waals surface area (Å²) in [5, 5.41) is 2.99. The van der Waals surface area contributed by atoms with Crippen LogP contribution in [0.2, 0.25) is 0 Å². The van der Waals surface area contributed by atoms with E-state index in [9.17, 15) is 14.0 Å². The van der Waals surface area contributed by atoms with E-state index in [-0.39, 0.29) is 17.6 Å². The normalized spacial score (nSPS) is 19.2. The van der Waals surface area contributed by atoms with Gasteiger partial charge in [-0.15, -0.1) is 0 Å². The highest BCUT2D eigenvalue weighted by Crippen LogP contribution is 2.36. The minimum absolute atomic E-state index is 0.0178. The lowest BCUT2D eigenvalue weighted by molar-refractivity contribution is -0.144. The molecule has 1 fully saturated rings. The first-order valence-corrected chi connectivity index (χ1v) is 9.80. The van der Waals surface area contributed by atoms with Gasteiger partial charge in [0.15, 0.2) is 0 Å². The lowest BCUT2D eigenvalue weighted by atomic mass is 9.83. The van der Waals surface area contributed by atoms with Crippen molar-refractivity contribution in [2.75, 3.05) is 26.8 Å². The zero-order valence-electron chi connectivity index (χ0n) is 16.5. The summed E-state index contributed by atoms with van der Waals surface area (Å²) in [5.41, 5.74) is 1.80. The van der Waals surface area contributed by atoms with E-state index < -0.39 is 12.0 Å². The molecule has 1 aliphatic heterocycles. The average Bonchev–Trinajstić information content (AvgIpc) is 2.74. The first-order valence-electron chi connectivity index (χ1n) is 9.80. The number of halogens is 1. The third-order valence-corrected chi connectivity index (χ3v) is 5.23. The number of benzene rings is 1. The van der Waals surface area contributed by atoms with E-state index in [1.165, 1.54) is 12.1 Å². The molecule has 2 heterocycles. The lowest BCUT2D eigenvalue weighted by Gasteiger charge is -2.40. The summed E-state index contributed by atoms with van der Waals surface area (Å²) < 4.78 is 18.6. The summed E-state index contributed by atoms with van der Waals surface area (Å²) >= 11 is 0. The van der Waals surface area contributed by atoms with Crippen LogP contribution in [-0.4, -0.2) is 48.5 Å². The molecule has 6 nitrogen and oxygen atoms in total. The van der Waals surface area contributed by atoms with Gasteiger partial charge < -0.3 is 15.0 Å². The van der Waals surface area contributed by atoms with Crippen molar-refractivity contribution in [1.82, 2.24) is 15.2 Å². The molecule has 0 unspecified atom stereocenters. The fraction of sp³-hybridized carbons (Fsp3) is 0.409. The summed E-state index contributed by atoms with van der Waals surface area (Å²) in [4.78, 5) is 31.3. The Morgan fingerprint density at radius 3 is 2.79 bits per heavy atom. The maximum atomic E-state index is 13.4. The molecule has 2 amide bonds. The topological polar surface area (TPSA) is 71.5 Å². The third-order valence-electron chi connectivity index (χ3n) is 5.23. The number of nitrogens with one attached hydrogen (secondary N) is 1. The summed E-state index contributed by atoms with van der Waals surface area (Å²) in [6.07, 6.45) is 4.94. The number of methoxy groups -OCH3 is 1. The molecule has 2 aromatic rings. The van der Waals surface area contributed by atoms with Gasteiger partial charge >= 0.3 is 0 Å². The van der Waals surface area contributed by atoms with Crippen LogP contribution in [0.1, 0.15) is 30.0 Å². The Morgan fingerprint density at radius 1 is 1.31 bits per heavy atom. The Bertz CT molecular complexity index is 814. The van der Waals surface area contributed by atoms with E-state index in [0.717, 1.165) is 11.1 Å². The lowest BCUT2D eigenvalue weighted by Crippen LogP contribution is -2.49. The van der Waals surface area contributed by atoms with Gasteiger partial charge in [0.25, 0.3) is 0 Å². The van der Waals surface area contributed by atoms with Crippen molar-refractivity contribution in [3.63, 3.8) is 0 Å². The number of hydrogen-bond donors (Lipinski definition) is 1. The fourth-order valence-corrected chi connectivity index (χ4v) is 3.76. The van der Waals surface area contributed by atoms with Gasteiger partial charge in [0.2, 0.25) is 11.8 Å². The van der Waals surface area contributed by atoms with E-state index in [1.807, 2.05) is 12.1 Å². The van der Waals surface area contributed by atoms with E-state index in [0.29, 0.717) is 39.0 Å². The molecule has 0 radical (unpaired) electrons. The van der Waals surface area contributed by atoms with Crippen molar-refractivity contribution in [3.8, 4) is 0 Å². The highest BCUT2D eigenvalue weighted by molar-refractivity contribution is 5.85.